The van der Waals surface area contributed by atoms with E-state index in [-0.39, 0.29) is 24.0 Å². The minimum absolute atomic E-state index is 0.0605. The van der Waals surface area contributed by atoms with Crippen LogP contribution in [0.25, 0.3) is 0 Å². The molecule has 10 heteroatoms. The lowest BCUT2D eigenvalue weighted by Crippen LogP contribution is -2.55. The third-order valence-corrected chi connectivity index (χ3v) is 11.8. The fraction of sp³-hybridized carbons (Fsp3) is 0.641. The molecule has 49 heavy (non-hydrogen) atoms. The number of anilines is 1. The molecule has 1 fully saturated rings. The smallest absolute Gasteiger partial charge is 0.318 e. The maximum atomic E-state index is 13.9. The van der Waals surface area contributed by atoms with E-state index in [4.69, 9.17) is 26.3 Å². The molecule has 4 rings (SSSR count). The lowest BCUT2D eigenvalue weighted by atomic mass is 9.74. The molecule has 0 N–H and O–H groups in total. The molecule has 1 aliphatic carbocycles. The molecule has 2 aliphatic rings. The predicted molar refractivity (Wildman–Crippen MR) is 201 cm³/mol. The van der Waals surface area contributed by atoms with Gasteiger partial charge in [-0.15, -0.1) is 9.24 Å². The number of unbranched alkanes of at least 4 members (excludes halogenated alkanes) is 1. The van der Waals surface area contributed by atoms with Crippen LogP contribution in [0.4, 0.5) is 10.2 Å². The quantitative estimate of drug-likeness (QED) is 0.120. The Kier molecular flexibility index (Phi) is 14.7. The molecule has 2 heterocycles. The van der Waals surface area contributed by atoms with Crippen molar-refractivity contribution in [2.75, 3.05) is 31.1 Å². The monoisotopic (exact) mass is 711 g/mol. The molecule has 0 spiro atoms. The second-order valence-corrected chi connectivity index (χ2v) is 15.7. The molecule has 1 aromatic heterocycles. The van der Waals surface area contributed by atoms with E-state index in [1.54, 1.807) is 0 Å². The molecule has 7 nitrogen and oxygen atoms in total. The van der Waals surface area contributed by atoms with E-state index in [1.807, 2.05) is 18.2 Å². The van der Waals surface area contributed by atoms with E-state index in [2.05, 4.69) is 60.5 Å². The van der Waals surface area contributed by atoms with Gasteiger partial charge in [0.2, 0.25) is 0 Å². The van der Waals surface area contributed by atoms with Gasteiger partial charge in [0.25, 0.3) is 5.91 Å². The van der Waals surface area contributed by atoms with Gasteiger partial charge in [0, 0.05) is 41.3 Å². The summed E-state index contributed by atoms with van der Waals surface area (Å²) >= 11 is 6.52. The number of halogens is 2. The largest absolute Gasteiger partial charge is 0.463 e. The molecule has 1 aliphatic heterocycles. The highest BCUT2D eigenvalue weighted by Crippen LogP contribution is 2.46. The third-order valence-electron chi connectivity index (χ3n) is 10.5. The lowest BCUT2D eigenvalue weighted by molar-refractivity contribution is -0.131. The maximum Gasteiger partial charge on any atom is 0.318 e. The summed E-state index contributed by atoms with van der Waals surface area (Å²) < 4.78 is 20.6. The van der Waals surface area contributed by atoms with Gasteiger partial charge in [0.15, 0.2) is 5.83 Å². The summed E-state index contributed by atoms with van der Waals surface area (Å²) in [6.45, 7) is 14.0. The van der Waals surface area contributed by atoms with E-state index in [1.165, 1.54) is 4.90 Å². The van der Waals surface area contributed by atoms with Gasteiger partial charge in [-0.2, -0.15) is 15.2 Å². The van der Waals surface area contributed by atoms with Crippen LogP contribution >= 0.6 is 20.8 Å². The van der Waals surface area contributed by atoms with Gasteiger partial charge >= 0.3 is 6.01 Å². The van der Waals surface area contributed by atoms with E-state index >= 15 is 0 Å². The summed E-state index contributed by atoms with van der Waals surface area (Å²) in [4.78, 5) is 26.5. The zero-order valence-electron chi connectivity index (χ0n) is 30.0. The van der Waals surface area contributed by atoms with Crippen molar-refractivity contribution in [2.45, 2.75) is 116 Å². The fourth-order valence-electron chi connectivity index (χ4n) is 7.65. The minimum atomic E-state index is -1.00. The summed E-state index contributed by atoms with van der Waals surface area (Å²) in [5.74, 6) is 0.0574. The minimum Gasteiger partial charge on any atom is -0.463 e. The number of ether oxygens (including phenoxy) is 1. The number of piperazine rings is 1. The number of aromatic nitrogens is 2. The molecular weight excluding hydrogens is 656 g/mol. The first-order valence-corrected chi connectivity index (χ1v) is 19.4. The number of nitriles is 1. The van der Waals surface area contributed by atoms with Gasteiger partial charge in [-0.3, -0.25) is 4.79 Å². The Morgan fingerprint density at radius 3 is 2.65 bits per heavy atom. The molecule has 0 bridgehead atoms. The molecule has 2 aromatic rings. The Hall–Kier alpha value is -2.75. The Labute approximate surface area is 301 Å². The highest BCUT2D eigenvalue weighted by atomic mass is 35.5. The first kappa shape index (κ1) is 39.0. The molecule has 0 radical (unpaired) electrons. The molecule has 0 saturated carbocycles. The van der Waals surface area contributed by atoms with Crippen molar-refractivity contribution in [3.8, 4) is 12.1 Å². The van der Waals surface area contributed by atoms with Crippen LogP contribution < -0.4 is 9.64 Å². The zero-order chi connectivity index (χ0) is 35.6. The molecule has 5 atom stereocenters. The van der Waals surface area contributed by atoms with Crippen LogP contribution in [0.15, 0.2) is 36.7 Å². The van der Waals surface area contributed by atoms with Crippen LogP contribution in [-0.2, 0) is 17.6 Å². The summed E-state index contributed by atoms with van der Waals surface area (Å²) in [6.07, 6.45) is 11.6. The Bertz CT molecular complexity index is 1470. The van der Waals surface area contributed by atoms with Crippen molar-refractivity contribution in [2.24, 2.45) is 17.3 Å². The summed E-state index contributed by atoms with van der Waals surface area (Å²) in [5, 5.41) is 10.4. The van der Waals surface area contributed by atoms with Crippen LogP contribution in [-0.4, -0.2) is 53.1 Å². The van der Waals surface area contributed by atoms with Crippen molar-refractivity contribution in [3.63, 3.8) is 0 Å². The van der Waals surface area contributed by atoms with Gasteiger partial charge in [-0.05, 0) is 68.4 Å². The Balaban J connectivity index is 1.68. The summed E-state index contributed by atoms with van der Waals surface area (Å²) in [6, 6.07) is 10.2. The van der Waals surface area contributed by atoms with Gasteiger partial charge in [-0.1, -0.05) is 89.8 Å². The Morgan fingerprint density at radius 1 is 1.20 bits per heavy atom. The van der Waals surface area contributed by atoms with Crippen LogP contribution in [0.5, 0.6) is 6.01 Å². The van der Waals surface area contributed by atoms with Crippen LogP contribution in [0, 0.1) is 28.6 Å². The molecular formula is C39H56ClFN5O2P. The first-order valence-electron chi connectivity index (χ1n) is 18.3. The zero-order valence-corrected chi connectivity index (χ0v) is 31.9. The number of rotatable bonds is 17. The number of fused-ring (bicyclic) bond motifs is 1. The topological polar surface area (TPSA) is 82.3 Å². The SMILES string of the molecule is C=C(F)C(=O)N1CCN(c2nc(OCC(CCC)(CCCC)CCC(C)C)nc3c2CCC(CCc2ccccc2Cl)C3P)CC1CC#N. The van der Waals surface area contributed by atoms with Crippen molar-refractivity contribution < 1.29 is 13.9 Å². The second-order valence-electron chi connectivity index (χ2n) is 14.6. The highest BCUT2D eigenvalue weighted by Gasteiger charge is 2.37. The number of carbonyl (C=O) groups is 1. The van der Waals surface area contributed by atoms with Crippen LogP contribution in [0.2, 0.25) is 5.02 Å². The Morgan fingerprint density at radius 2 is 1.98 bits per heavy atom. The number of carbonyl (C=O) groups excluding carboxylic acids is 1. The highest BCUT2D eigenvalue weighted by molar-refractivity contribution is 7.17. The number of hydrogen-bond donors (Lipinski definition) is 0. The fourth-order valence-corrected chi connectivity index (χ4v) is 8.54. The van der Waals surface area contributed by atoms with E-state index in [9.17, 15) is 14.4 Å². The molecule has 1 saturated heterocycles. The van der Waals surface area contributed by atoms with Gasteiger partial charge in [0.1, 0.15) is 5.82 Å². The number of amides is 1. The van der Waals surface area contributed by atoms with E-state index in [0.717, 1.165) is 98.3 Å². The van der Waals surface area contributed by atoms with Crippen molar-refractivity contribution in [1.82, 2.24) is 14.9 Å². The molecule has 1 amide bonds. The maximum absolute atomic E-state index is 13.9. The van der Waals surface area contributed by atoms with Crippen molar-refractivity contribution in [3.05, 3.63) is 58.5 Å². The number of benzene rings is 1. The van der Waals surface area contributed by atoms with Crippen molar-refractivity contribution >= 4 is 32.6 Å². The molecule has 1 aromatic carbocycles. The van der Waals surface area contributed by atoms with Gasteiger partial charge < -0.3 is 14.5 Å². The molecule has 5 unspecified atom stereocenters. The lowest BCUT2D eigenvalue weighted by Gasteiger charge is -2.42. The first-order chi connectivity index (χ1) is 23.5. The van der Waals surface area contributed by atoms with E-state index < -0.39 is 17.8 Å². The van der Waals surface area contributed by atoms with Crippen LogP contribution in [0.3, 0.4) is 0 Å². The average molecular weight is 712 g/mol. The second kappa shape index (κ2) is 18.5. The van der Waals surface area contributed by atoms with Crippen LogP contribution in [0.1, 0.15) is 114 Å². The standard InChI is InChI=1S/C39H56ClFN5O2P/c1-6-8-20-39(19-7-2,21-17-27(3)4)26-48-38-43-34-32(16-15-30(35(34)49)14-13-29-11-9-10-12-33(29)40)36(44-38)45-23-24-46(37(47)28(5)41)31(25-45)18-22-42/h9-12,27,30-31,35H,5-8,13-21,23-26,49H2,1-4H3. The van der Waals surface area contributed by atoms with E-state index in [0.29, 0.717) is 37.5 Å². The number of nitrogens with zero attached hydrogens (tertiary/aromatic N) is 5. The van der Waals surface area contributed by atoms with Crippen molar-refractivity contribution in [1.29, 1.82) is 5.26 Å². The number of hydrogen-bond acceptors (Lipinski definition) is 6. The number of aryl methyl sites for hydroxylation is 1. The average Bonchev–Trinajstić information content (AvgIpc) is 3.09. The summed E-state index contributed by atoms with van der Waals surface area (Å²) in [5.41, 5.74) is 3.41. The van der Waals surface area contributed by atoms with Gasteiger partial charge in [-0.25, -0.2) is 4.39 Å². The van der Waals surface area contributed by atoms with Gasteiger partial charge in [0.05, 0.1) is 30.8 Å². The normalized spacial score (nSPS) is 20.4. The third kappa shape index (κ3) is 10.2. The predicted octanol–water partition coefficient (Wildman–Crippen LogP) is 9.45. The summed E-state index contributed by atoms with van der Waals surface area (Å²) in [7, 11) is 3.07. The molecule has 268 valence electrons.